The Bertz CT molecular complexity index is 525. The number of ketones is 1. The first-order valence-corrected chi connectivity index (χ1v) is 5.62. The van der Waals surface area contributed by atoms with Gasteiger partial charge in [0.2, 0.25) is 5.78 Å². The number of hydrogen-bond acceptors (Lipinski definition) is 2. The van der Waals surface area contributed by atoms with E-state index in [0.29, 0.717) is 5.56 Å². The Morgan fingerprint density at radius 2 is 1.50 bits per heavy atom. The van der Waals surface area contributed by atoms with E-state index in [-0.39, 0.29) is 5.56 Å². The molecule has 2 nitrogen and oxygen atoms in total. The van der Waals surface area contributed by atoms with Crippen molar-refractivity contribution >= 4 is 5.78 Å². The van der Waals surface area contributed by atoms with Crippen LogP contribution >= 0.6 is 0 Å². The molecule has 0 radical (unpaired) electrons. The van der Waals surface area contributed by atoms with E-state index < -0.39 is 18.1 Å². The maximum atomic E-state index is 13.2. The number of alkyl halides is 1. The summed E-state index contributed by atoms with van der Waals surface area (Å²) < 4.78 is 13.2. The second-order valence-electron chi connectivity index (χ2n) is 4.06. The van der Waals surface area contributed by atoms with Crippen LogP contribution < -0.4 is 0 Å². The van der Waals surface area contributed by atoms with Gasteiger partial charge in [-0.05, 0) is 5.56 Å². The summed E-state index contributed by atoms with van der Waals surface area (Å²) in [7, 11) is 0. The average Bonchev–Trinajstić information content (AvgIpc) is 2.47. The fourth-order valence-electron chi connectivity index (χ4n) is 1.81. The normalized spacial score (nSPS) is 13.9. The molecule has 92 valence electrons. The minimum atomic E-state index is -2.11. The van der Waals surface area contributed by atoms with Crippen LogP contribution in [0.4, 0.5) is 4.39 Å². The molecule has 0 heterocycles. The zero-order valence-electron chi connectivity index (χ0n) is 9.71. The molecule has 0 aliphatic carbocycles. The molecule has 0 aliphatic heterocycles. The minimum absolute atomic E-state index is 0.265. The Labute approximate surface area is 105 Å². The first kappa shape index (κ1) is 12.5. The third-order valence-corrected chi connectivity index (χ3v) is 2.86. The third kappa shape index (κ3) is 2.17. The molecule has 1 unspecified atom stereocenters. The summed E-state index contributed by atoms with van der Waals surface area (Å²) in [6.07, 6.45) is 0. The molecule has 3 heteroatoms. The van der Waals surface area contributed by atoms with Crippen LogP contribution in [0.5, 0.6) is 0 Å². The maximum Gasteiger partial charge on any atom is 0.201 e. The monoisotopic (exact) mass is 244 g/mol. The molecule has 1 atom stereocenters. The highest BCUT2D eigenvalue weighted by Gasteiger charge is 2.38. The molecule has 0 aliphatic rings. The van der Waals surface area contributed by atoms with Crippen LogP contribution in [0.3, 0.4) is 0 Å². The highest BCUT2D eigenvalue weighted by atomic mass is 19.1. The van der Waals surface area contributed by atoms with E-state index in [1.807, 2.05) is 0 Å². The van der Waals surface area contributed by atoms with Crippen LogP contribution in [-0.2, 0) is 5.60 Å². The van der Waals surface area contributed by atoms with E-state index in [2.05, 4.69) is 0 Å². The first-order chi connectivity index (χ1) is 8.68. The minimum Gasteiger partial charge on any atom is -0.374 e. The number of rotatable bonds is 4. The molecule has 2 rings (SSSR count). The Hall–Kier alpha value is -2.00. The summed E-state index contributed by atoms with van der Waals surface area (Å²) in [6.45, 7) is -1.15. The lowest BCUT2D eigenvalue weighted by Crippen LogP contribution is -2.38. The summed E-state index contributed by atoms with van der Waals surface area (Å²) in [6, 6.07) is 16.4. The van der Waals surface area contributed by atoms with Gasteiger partial charge in [0, 0.05) is 5.56 Å². The molecule has 0 bridgehead atoms. The Balaban J connectivity index is 2.43. The highest BCUT2D eigenvalue weighted by Crippen LogP contribution is 2.26. The molecule has 2 aromatic carbocycles. The van der Waals surface area contributed by atoms with Crippen molar-refractivity contribution in [2.45, 2.75) is 5.60 Å². The zero-order chi connectivity index (χ0) is 13.0. The van der Waals surface area contributed by atoms with E-state index in [1.165, 1.54) is 0 Å². The fraction of sp³-hybridized carbons (Fsp3) is 0.133. The van der Waals surface area contributed by atoms with Gasteiger partial charge in [0.25, 0.3) is 0 Å². The van der Waals surface area contributed by atoms with Gasteiger partial charge < -0.3 is 5.11 Å². The molecule has 0 amide bonds. The number of Topliss-reactive ketones (excluding diaryl/α,β-unsaturated/α-hetero) is 1. The fourth-order valence-corrected chi connectivity index (χ4v) is 1.81. The summed E-state index contributed by atoms with van der Waals surface area (Å²) in [4.78, 5) is 12.2. The molecular weight excluding hydrogens is 231 g/mol. The first-order valence-electron chi connectivity index (χ1n) is 5.62. The number of carbonyl (C=O) groups excluding carboxylic acids is 1. The number of aliphatic hydroxyl groups is 1. The predicted molar refractivity (Wildman–Crippen MR) is 67.1 cm³/mol. The molecule has 0 saturated heterocycles. The van der Waals surface area contributed by atoms with Gasteiger partial charge in [0.15, 0.2) is 5.60 Å². The average molecular weight is 244 g/mol. The Morgan fingerprint density at radius 3 is 2.00 bits per heavy atom. The third-order valence-electron chi connectivity index (χ3n) is 2.86. The van der Waals surface area contributed by atoms with Crippen LogP contribution in [-0.4, -0.2) is 17.6 Å². The topological polar surface area (TPSA) is 37.3 Å². The standard InChI is InChI=1S/C15H13FO2/c16-11-15(18,13-9-5-2-6-10-13)14(17)12-7-3-1-4-8-12/h1-10,18H,11H2. The van der Waals surface area contributed by atoms with Crippen molar-refractivity contribution in [3.8, 4) is 0 Å². The van der Waals surface area contributed by atoms with E-state index in [9.17, 15) is 14.3 Å². The van der Waals surface area contributed by atoms with Crippen molar-refractivity contribution < 1.29 is 14.3 Å². The lowest BCUT2D eigenvalue weighted by atomic mass is 9.87. The van der Waals surface area contributed by atoms with Crippen LogP contribution in [0.2, 0.25) is 0 Å². The van der Waals surface area contributed by atoms with Gasteiger partial charge in [-0.15, -0.1) is 0 Å². The Morgan fingerprint density at radius 1 is 1.00 bits per heavy atom. The molecule has 18 heavy (non-hydrogen) atoms. The van der Waals surface area contributed by atoms with E-state index in [4.69, 9.17) is 0 Å². The lowest BCUT2D eigenvalue weighted by Gasteiger charge is -2.23. The van der Waals surface area contributed by atoms with Crippen LogP contribution in [0.25, 0.3) is 0 Å². The van der Waals surface area contributed by atoms with Crippen LogP contribution in [0.15, 0.2) is 60.7 Å². The van der Waals surface area contributed by atoms with Crippen molar-refractivity contribution in [1.29, 1.82) is 0 Å². The highest BCUT2D eigenvalue weighted by molar-refractivity contribution is 6.02. The smallest absolute Gasteiger partial charge is 0.201 e. The van der Waals surface area contributed by atoms with E-state index in [0.717, 1.165) is 0 Å². The van der Waals surface area contributed by atoms with Crippen molar-refractivity contribution in [3.05, 3.63) is 71.8 Å². The molecule has 0 aromatic heterocycles. The second kappa shape index (κ2) is 5.10. The Kier molecular flexibility index (Phi) is 3.53. The summed E-state index contributed by atoms with van der Waals surface area (Å²) in [5.41, 5.74) is -1.55. The van der Waals surface area contributed by atoms with Crippen molar-refractivity contribution in [3.63, 3.8) is 0 Å². The SMILES string of the molecule is O=C(c1ccccc1)C(O)(CF)c1ccccc1. The van der Waals surface area contributed by atoms with Gasteiger partial charge in [-0.3, -0.25) is 4.79 Å². The van der Waals surface area contributed by atoms with Crippen molar-refractivity contribution in [2.24, 2.45) is 0 Å². The second-order valence-corrected chi connectivity index (χ2v) is 4.06. The number of halogens is 1. The zero-order valence-corrected chi connectivity index (χ0v) is 9.71. The maximum absolute atomic E-state index is 13.2. The molecule has 1 N–H and O–H groups in total. The van der Waals surface area contributed by atoms with E-state index in [1.54, 1.807) is 60.7 Å². The number of carbonyl (C=O) groups is 1. The van der Waals surface area contributed by atoms with Gasteiger partial charge in [-0.1, -0.05) is 60.7 Å². The lowest BCUT2D eigenvalue weighted by molar-refractivity contribution is 0.0161. The summed E-state index contributed by atoms with van der Waals surface area (Å²) in [5.74, 6) is -0.628. The van der Waals surface area contributed by atoms with Crippen molar-refractivity contribution in [2.75, 3.05) is 6.67 Å². The number of benzene rings is 2. The summed E-state index contributed by atoms with van der Waals surface area (Å²) >= 11 is 0. The predicted octanol–water partition coefficient (Wildman–Crippen LogP) is 2.73. The van der Waals surface area contributed by atoms with Crippen LogP contribution in [0, 0.1) is 0 Å². The van der Waals surface area contributed by atoms with Gasteiger partial charge >= 0.3 is 0 Å². The molecule has 2 aromatic rings. The molecular formula is C15H13FO2. The van der Waals surface area contributed by atoms with Gasteiger partial charge in [0.1, 0.15) is 6.67 Å². The van der Waals surface area contributed by atoms with Crippen LogP contribution in [0.1, 0.15) is 15.9 Å². The summed E-state index contributed by atoms with van der Waals surface area (Å²) in [5, 5.41) is 10.3. The van der Waals surface area contributed by atoms with Gasteiger partial charge in [-0.2, -0.15) is 0 Å². The van der Waals surface area contributed by atoms with Crippen molar-refractivity contribution in [1.82, 2.24) is 0 Å². The quantitative estimate of drug-likeness (QED) is 0.840. The van der Waals surface area contributed by atoms with Gasteiger partial charge in [0.05, 0.1) is 0 Å². The largest absolute Gasteiger partial charge is 0.374 e. The molecule has 0 spiro atoms. The van der Waals surface area contributed by atoms with E-state index >= 15 is 0 Å². The molecule has 0 fully saturated rings. The van der Waals surface area contributed by atoms with Gasteiger partial charge in [-0.25, -0.2) is 4.39 Å². The number of hydrogen-bond donors (Lipinski definition) is 1. The molecule has 0 saturated carbocycles.